The van der Waals surface area contributed by atoms with Crippen molar-refractivity contribution in [2.45, 2.75) is 32.0 Å². The summed E-state index contributed by atoms with van der Waals surface area (Å²) in [5, 5.41) is 3.41. The second kappa shape index (κ2) is 5.50. The highest BCUT2D eigenvalue weighted by Crippen LogP contribution is 2.15. The minimum absolute atomic E-state index is 0.0152. The summed E-state index contributed by atoms with van der Waals surface area (Å²) >= 11 is 0. The van der Waals surface area contributed by atoms with E-state index in [1.54, 1.807) is 0 Å². The number of piperazine rings is 1. The van der Waals surface area contributed by atoms with E-state index in [9.17, 15) is 4.79 Å². The third-order valence-electron chi connectivity index (χ3n) is 3.29. The van der Waals surface area contributed by atoms with Crippen molar-refractivity contribution in [3.63, 3.8) is 0 Å². The number of benzene rings is 1. The van der Waals surface area contributed by atoms with Gasteiger partial charge in [0.1, 0.15) is 6.04 Å². The van der Waals surface area contributed by atoms with Gasteiger partial charge in [-0.15, -0.1) is 0 Å². The SMILES string of the molecule is C[C@@H]1CN(C(=O)[C@H](N)c2ccccc2)C[C@H](C)N1. The second-order valence-electron chi connectivity index (χ2n) is 5.10. The minimum atomic E-state index is -0.552. The van der Waals surface area contributed by atoms with Crippen LogP contribution in [0, 0.1) is 0 Å². The van der Waals surface area contributed by atoms with Gasteiger partial charge in [0, 0.05) is 25.2 Å². The molecule has 1 aliphatic rings. The highest BCUT2D eigenvalue weighted by Gasteiger charge is 2.28. The number of rotatable bonds is 2. The summed E-state index contributed by atoms with van der Waals surface area (Å²) in [4.78, 5) is 14.2. The van der Waals surface area contributed by atoms with Crippen molar-refractivity contribution in [2.24, 2.45) is 5.73 Å². The fourth-order valence-corrected chi connectivity index (χ4v) is 2.51. The van der Waals surface area contributed by atoms with E-state index in [4.69, 9.17) is 5.73 Å². The first-order valence-corrected chi connectivity index (χ1v) is 6.43. The first-order valence-electron chi connectivity index (χ1n) is 6.43. The Labute approximate surface area is 108 Å². The number of carbonyl (C=O) groups excluding carboxylic acids is 1. The zero-order valence-corrected chi connectivity index (χ0v) is 11.0. The number of nitrogens with two attached hydrogens (primary N) is 1. The van der Waals surface area contributed by atoms with Gasteiger partial charge in [-0.2, -0.15) is 0 Å². The lowest BCUT2D eigenvalue weighted by Crippen LogP contribution is -2.57. The van der Waals surface area contributed by atoms with E-state index in [0.29, 0.717) is 12.1 Å². The molecular weight excluding hydrogens is 226 g/mol. The van der Waals surface area contributed by atoms with Gasteiger partial charge in [-0.25, -0.2) is 0 Å². The topological polar surface area (TPSA) is 58.4 Å². The predicted octanol–water partition coefficient (Wildman–Crippen LogP) is 0.895. The molecule has 1 saturated heterocycles. The van der Waals surface area contributed by atoms with Gasteiger partial charge in [-0.1, -0.05) is 30.3 Å². The van der Waals surface area contributed by atoms with Crippen molar-refractivity contribution in [1.82, 2.24) is 10.2 Å². The van der Waals surface area contributed by atoms with E-state index >= 15 is 0 Å². The number of nitrogens with zero attached hydrogens (tertiary/aromatic N) is 1. The van der Waals surface area contributed by atoms with Gasteiger partial charge in [-0.05, 0) is 19.4 Å². The quantitative estimate of drug-likeness (QED) is 0.816. The van der Waals surface area contributed by atoms with Crippen molar-refractivity contribution >= 4 is 5.91 Å². The maximum absolute atomic E-state index is 12.4. The molecular formula is C14H21N3O. The highest BCUT2D eigenvalue weighted by atomic mass is 16.2. The van der Waals surface area contributed by atoms with Crippen LogP contribution in [-0.4, -0.2) is 36.0 Å². The average molecular weight is 247 g/mol. The average Bonchev–Trinajstić information content (AvgIpc) is 2.37. The van der Waals surface area contributed by atoms with Gasteiger partial charge in [0.15, 0.2) is 0 Å². The Hall–Kier alpha value is -1.39. The molecule has 0 radical (unpaired) electrons. The molecule has 3 atom stereocenters. The lowest BCUT2D eigenvalue weighted by molar-refractivity contribution is -0.134. The molecule has 4 nitrogen and oxygen atoms in total. The minimum Gasteiger partial charge on any atom is -0.338 e. The van der Waals surface area contributed by atoms with Crippen LogP contribution in [0.4, 0.5) is 0 Å². The van der Waals surface area contributed by atoms with Crippen LogP contribution in [-0.2, 0) is 4.79 Å². The van der Waals surface area contributed by atoms with E-state index in [2.05, 4.69) is 19.2 Å². The van der Waals surface area contributed by atoms with E-state index in [0.717, 1.165) is 18.7 Å². The third-order valence-corrected chi connectivity index (χ3v) is 3.29. The molecule has 18 heavy (non-hydrogen) atoms. The van der Waals surface area contributed by atoms with E-state index in [1.165, 1.54) is 0 Å². The van der Waals surface area contributed by atoms with Crippen molar-refractivity contribution in [3.05, 3.63) is 35.9 Å². The maximum atomic E-state index is 12.4. The Morgan fingerprint density at radius 3 is 2.39 bits per heavy atom. The number of carbonyl (C=O) groups is 1. The summed E-state index contributed by atoms with van der Waals surface area (Å²) in [6, 6.07) is 9.63. The number of hydrogen-bond donors (Lipinski definition) is 2. The molecule has 1 aromatic rings. The smallest absolute Gasteiger partial charge is 0.244 e. The highest BCUT2D eigenvalue weighted by molar-refractivity contribution is 5.83. The molecule has 2 rings (SSSR count). The zero-order chi connectivity index (χ0) is 13.1. The molecule has 0 aromatic heterocycles. The van der Waals surface area contributed by atoms with Gasteiger partial charge in [0.25, 0.3) is 0 Å². The molecule has 0 saturated carbocycles. The molecule has 1 amide bonds. The number of amides is 1. The number of nitrogens with one attached hydrogen (secondary N) is 1. The predicted molar refractivity (Wildman–Crippen MR) is 72.0 cm³/mol. The van der Waals surface area contributed by atoms with E-state index in [-0.39, 0.29) is 5.91 Å². The van der Waals surface area contributed by atoms with Gasteiger partial charge >= 0.3 is 0 Å². The van der Waals surface area contributed by atoms with Crippen LogP contribution in [0.3, 0.4) is 0 Å². The van der Waals surface area contributed by atoms with Crippen LogP contribution in [0.1, 0.15) is 25.5 Å². The molecule has 1 heterocycles. The Morgan fingerprint density at radius 2 is 1.83 bits per heavy atom. The molecule has 3 N–H and O–H groups in total. The van der Waals surface area contributed by atoms with Crippen molar-refractivity contribution in [2.75, 3.05) is 13.1 Å². The molecule has 98 valence electrons. The van der Waals surface area contributed by atoms with Crippen LogP contribution in [0.15, 0.2) is 30.3 Å². The lowest BCUT2D eigenvalue weighted by atomic mass is 10.0. The fraction of sp³-hybridized carbons (Fsp3) is 0.500. The molecule has 1 aromatic carbocycles. The molecule has 0 unspecified atom stereocenters. The molecule has 4 heteroatoms. The van der Waals surface area contributed by atoms with Gasteiger partial charge in [0.2, 0.25) is 5.91 Å². The summed E-state index contributed by atoms with van der Waals surface area (Å²) in [6.07, 6.45) is 0. The monoisotopic (exact) mass is 247 g/mol. The molecule has 1 fully saturated rings. The van der Waals surface area contributed by atoms with Crippen LogP contribution < -0.4 is 11.1 Å². The number of hydrogen-bond acceptors (Lipinski definition) is 3. The molecule has 0 aliphatic carbocycles. The van der Waals surface area contributed by atoms with Gasteiger partial charge in [0.05, 0.1) is 0 Å². The zero-order valence-electron chi connectivity index (χ0n) is 11.0. The summed E-state index contributed by atoms with van der Waals surface area (Å²) < 4.78 is 0. The summed E-state index contributed by atoms with van der Waals surface area (Å²) in [5.74, 6) is 0.0152. The normalized spacial score (nSPS) is 25.8. The molecule has 1 aliphatic heterocycles. The molecule has 0 spiro atoms. The maximum Gasteiger partial charge on any atom is 0.244 e. The Balaban J connectivity index is 2.07. The summed E-state index contributed by atoms with van der Waals surface area (Å²) in [5.41, 5.74) is 6.92. The summed E-state index contributed by atoms with van der Waals surface area (Å²) in [7, 11) is 0. The van der Waals surface area contributed by atoms with Crippen molar-refractivity contribution in [1.29, 1.82) is 0 Å². The van der Waals surface area contributed by atoms with Gasteiger partial charge < -0.3 is 16.0 Å². The standard InChI is InChI=1S/C14H21N3O/c1-10-8-17(9-11(2)16-10)14(18)13(15)12-6-4-3-5-7-12/h3-7,10-11,13,16H,8-9,15H2,1-2H3/t10-,11+,13-/m1/s1. The Kier molecular flexibility index (Phi) is 3.99. The first kappa shape index (κ1) is 13.1. The van der Waals surface area contributed by atoms with Crippen LogP contribution in [0.25, 0.3) is 0 Å². The van der Waals surface area contributed by atoms with Crippen LogP contribution in [0.2, 0.25) is 0 Å². The van der Waals surface area contributed by atoms with Crippen LogP contribution in [0.5, 0.6) is 0 Å². The summed E-state index contributed by atoms with van der Waals surface area (Å²) in [6.45, 7) is 5.63. The molecule has 0 bridgehead atoms. The van der Waals surface area contributed by atoms with Crippen molar-refractivity contribution in [3.8, 4) is 0 Å². The first-order chi connectivity index (χ1) is 8.58. The third kappa shape index (κ3) is 2.89. The lowest BCUT2D eigenvalue weighted by Gasteiger charge is -2.37. The van der Waals surface area contributed by atoms with Crippen LogP contribution >= 0.6 is 0 Å². The Bertz CT molecular complexity index is 397. The largest absolute Gasteiger partial charge is 0.338 e. The van der Waals surface area contributed by atoms with E-state index in [1.807, 2.05) is 35.2 Å². The van der Waals surface area contributed by atoms with Gasteiger partial charge in [-0.3, -0.25) is 4.79 Å². The second-order valence-corrected chi connectivity index (χ2v) is 5.10. The fourth-order valence-electron chi connectivity index (χ4n) is 2.51. The van der Waals surface area contributed by atoms with E-state index < -0.39 is 6.04 Å². The Morgan fingerprint density at radius 1 is 1.28 bits per heavy atom. The van der Waals surface area contributed by atoms with Crippen molar-refractivity contribution < 1.29 is 4.79 Å².